The minimum Gasteiger partial charge on any atom is -0.378 e. The fourth-order valence-electron chi connectivity index (χ4n) is 2.47. The summed E-state index contributed by atoms with van der Waals surface area (Å²) >= 11 is 0. The zero-order valence-corrected chi connectivity index (χ0v) is 16.1. The maximum Gasteiger partial charge on any atom is 0.269 e. The monoisotopic (exact) mass is 367 g/mol. The fourth-order valence-corrected chi connectivity index (χ4v) is 2.47. The maximum absolute atomic E-state index is 12.2. The molecule has 27 heavy (non-hydrogen) atoms. The van der Waals surface area contributed by atoms with E-state index in [9.17, 15) is 14.4 Å². The SMILES string of the molecule is Cc1ccc(C(=O)CCC(=O)NNC(=O)c2cccc(N(C)C)c2)cc1C. The molecular weight excluding hydrogens is 342 g/mol. The first-order chi connectivity index (χ1) is 12.8. The van der Waals surface area contributed by atoms with Crippen LogP contribution in [-0.2, 0) is 4.79 Å². The molecule has 0 aliphatic rings. The Labute approximate surface area is 159 Å². The summed E-state index contributed by atoms with van der Waals surface area (Å²) in [5.74, 6) is -0.921. The van der Waals surface area contributed by atoms with Gasteiger partial charge in [0.25, 0.3) is 5.91 Å². The van der Waals surface area contributed by atoms with Crippen molar-refractivity contribution in [1.29, 1.82) is 0 Å². The van der Waals surface area contributed by atoms with Crippen LogP contribution in [0.3, 0.4) is 0 Å². The number of hydrazine groups is 1. The van der Waals surface area contributed by atoms with Crippen LogP contribution in [0.25, 0.3) is 0 Å². The van der Waals surface area contributed by atoms with Crippen LogP contribution in [0.1, 0.15) is 44.7 Å². The van der Waals surface area contributed by atoms with E-state index >= 15 is 0 Å². The topological polar surface area (TPSA) is 78.5 Å². The first kappa shape index (κ1) is 20.2. The van der Waals surface area contributed by atoms with Crippen molar-refractivity contribution in [3.05, 3.63) is 64.7 Å². The van der Waals surface area contributed by atoms with Gasteiger partial charge in [0, 0.05) is 43.8 Å². The molecule has 2 amide bonds. The Morgan fingerprint density at radius 3 is 2.26 bits per heavy atom. The number of anilines is 1. The average molecular weight is 367 g/mol. The molecule has 142 valence electrons. The summed E-state index contributed by atoms with van der Waals surface area (Å²) in [7, 11) is 3.76. The number of rotatable bonds is 6. The predicted molar refractivity (Wildman–Crippen MR) is 106 cm³/mol. The third kappa shape index (κ3) is 5.67. The fraction of sp³-hybridized carbons (Fsp3) is 0.286. The first-order valence-electron chi connectivity index (χ1n) is 8.75. The van der Waals surface area contributed by atoms with Gasteiger partial charge in [0.05, 0.1) is 0 Å². The zero-order chi connectivity index (χ0) is 20.0. The molecule has 0 aromatic heterocycles. The standard InChI is InChI=1S/C21H25N3O3/c1-14-8-9-16(12-15(14)2)19(25)10-11-20(26)22-23-21(27)17-6-5-7-18(13-17)24(3)4/h5-9,12-13H,10-11H2,1-4H3,(H,22,26)(H,23,27). The molecular formula is C21H25N3O3. The van der Waals surface area contributed by atoms with Crippen molar-refractivity contribution in [3.63, 3.8) is 0 Å². The van der Waals surface area contributed by atoms with Gasteiger partial charge < -0.3 is 4.90 Å². The molecule has 6 nitrogen and oxygen atoms in total. The molecule has 0 unspecified atom stereocenters. The Morgan fingerprint density at radius 1 is 0.852 bits per heavy atom. The number of benzene rings is 2. The van der Waals surface area contributed by atoms with Gasteiger partial charge in [0.1, 0.15) is 0 Å². The Bertz CT molecular complexity index is 860. The first-order valence-corrected chi connectivity index (χ1v) is 8.75. The van der Waals surface area contributed by atoms with Gasteiger partial charge in [-0.1, -0.05) is 18.2 Å². The number of hydrogen-bond acceptors (Lipinski definition) is 4. The summed E-state index contributed by atoms with van der Waals surface area (Å²) in [6.45, 7) is 3.92. The summed E-state index contributed by atoms with van der Waals surface area (Å²) < 4.78 is 0. The lowest BCUT2D eigenvalue weighted by atomic mass is 10.0. The van der Waals surface area contributed by atoms with Crippen LogP contribution in [0.5, 0.6) is 0 Å². The second-order valence-electron chi connectivity index (χ2n) is 6.67. The smallest absolute Gasteiger partial charge is 0.269 e. The van der Waals surface area contributed by atoms with Crippen molar-refractivity contribution in [2.24, 2.45) is 0 Å². The lowest BCUT2D eigenvalue weighted by molar-refractivity contribution is -0.121. The van der Waals surface area contributed by atoms with Gasteiger partial charge in [-0.25, -0.2) is 0 Å². The van der Waals surface area contributed by atoms with Gasteiger partial charge in [-0.05, 0) is 49.2 Å². The molecule has 2 N–H and O–H groups in total. The molecule has 2 aromatic rings. The second-order valence-corrected chi connectivity index (χ2v) is 6.67. The van der Waals surface area contributed by atoms with Crippen LogP contribution in [-0.4, -0.2) is 31.7 Å². The number of hydrogen-bond donors (Lipinski definition) is 2. The number of amides is 2. The minimum absolute atomic E-state index is 0.00374. The van der Waals surface area contributed by atoms with Crippen molar-refractivity contribution >= 4 is 23.3 Å². The Morgan fingerprint density at radius 2 is 1.59 bits per heavy atom. The van der Waals surface area contributed by atoms with Crippen LogP contribution in [0.2, 0.25) is 0 Å². The van der Waals surface area contributed by atoms with Crippen molar-refractivity contribution in [2.75, 3.05) is 19.0 Å². The van der Waals surface area contributed by atoms with E-state index in [1.807, 2.05) is 51.0 Å². The van der Waals surface area contributed by atoms with E-state index in [0.29, 0.717) is 11.1 Å². The second kappa shape index (κ2) is 8.98. The molecule has 6 heteroatoms. The highest BCUT2D eigenvalue weighted by molar-refractivity contribution is 5.99. The zero-order valence-electron chi connectivity index (χ0n) is 16.1. The molecule has 0 aliphatic carbocycles. The maximum atomic E-state index is 12.2. The Kier molecular flexibility index (Phi) is 6.71. The van der Waals surface area contributed by atoms with Crippen molar-refractivity contribution in [2.45, 2.75) is 26.7 Å². The number of carbonyl (C=O) groups is 3. The quantitative estimate of drug-likeness (QED) is 0.608. The molecule has 0 aliphatic heterocycles. The number of aryl methyl sites for hydroxylation is 2. The van der Waals surface area contributed by atoms with E-state index in [2.05, 4.69) is 10.9 Å². The van der Waals surface area contributed by atoms with E-state index in [1.54, 1.807) is 24.3 Å². The summed E-state index contributed by atoms with van der Waals surface area (Å²) in [4.78, 5) is 38.2. The summed E-state index contributed by atoms with van der Waals surface area (Å²) in [5, 5.41) is 0. The molecule has 2 rings (SSSR count). The highest BCUT2D eigenvalue weighted by Gasteiger charge is 2.12. The molecule has 0 fully saturated rings. The molecule has 0 spiro atoms. The van der Waals surface area contributed by atoms with Crippen LogP contribution in [0, 0.1) is 13.8 Å². The summed E-state index contributed by atoms with van der Waals surface area (Å²) in [6.07, 6.45) is 0.0874. The van der Waals surface area contributed by atoms with Crippen LogP contribution in [0.4, 0.5) is 5.69 Å². The van der Waals surface area contributed by atoms with Gasteiger partial charge in [-0.15, -0.1) is 0 Å². The molecule has 2 aromatic carbocycles. The van der Waals surface area contributed by atoms with Crippen LogP contribution < -0.4 is 15.8 Å². The Hall–Kier alpha value is -3.15. The highest BCUT2D eigenvalue weighted by atomic mass is 16.2. The van der Waals surface area contributed by atoms with Gasteiger partial charge in [-0.3, -0.25) is 25.2 Å². The molecule has 0 radical (unpaired) electrons. The van der Waals surface area contributed by atoms with Gasteiger partial charge in [-0.2, -0.15) is 0 Å². The van der Waals surface area contributed by atoms with Gasteiger partial charge >= 0.3 is 0 Å². The normalized spacial score (nSPS) is 10.2. The largest absolute Gasteiger partial charge is 0.378 e. The van der Waals surface area contributed by atoms with Crippen molar-refractivity contribution in [3.8, 4) is 0 Å². The number of ketones is 1. The molecule has 0 bridgehead atoms. The number of nitrogens with zero attached hydrogens (tertiary/aromatic N) is 1. The molecule has 0 saturated carbocycles. The average Bonchev–Trinajstić information content (AvgIpc) is 2.66. The number of carbonyl (C=O) groups excluding carboxylic acids is 3. The van der Waals surface area contributed by atoms with Gasteiger partial charge in [0.2, 0.25) is 5.91 Å². The summed E-state index contributed by atoms with van der Waals surface area (Å²) in [6, 6.07) is 12.5. The van der Waals surface area contributed by atoms with E-state index in [-0.39, 0.29) is 18.6 Å². The van der Waals surface area contributed by atoms with Crippen LogP contribution >= 0.6 is 0 Å². The minimum atomic E-state index is -0.413. The third-order valence-corrected chi connectivity index (χ3v) is 4.35. The predicted octanol–water partition coefficient (Wildman–Crippen LogP) is 2.79. The molecule has 0 atom stereocenters. The third-order valence-electron chi connectivity index (χ3n) is 4.35. The highest BCUT2D eigenvalue weighted by Crippen LogP contribution is 2.14. The van der Waals surface area contributed by atoms with Gasteiger partial charge in [0.15, 0.2) is 5.78 Å². The lowest BCUT2D eigenvalue weighted by Gasteiger charge is -2.13. The lowest BCUT2D eigenvalue weighted by Crippen LogP contribution is -2.41. The summed E-state index contributed by atoms with van der Waals surface area (Å²) in [5.41, 5.74) is 8.80. The van der Waals surface area contributed by atoms with E-state index < -0.39 is 11.8 Å². The van der Waals surface area contributed by atoms with E-state index in [4.69, 9.17) is 0 Å². The van der Waals surface area contributed by atoms with E-state index in [1.165, 1.54) is 0 Å². The number of nitrogens with one attached hydrogen (secondary N) is 2. The van der Waals surface area contributed by atoms with Crippen molar-refractivity contribution < 1.29 is 14.4 Å². The molecule has 0 heterocycles. The van der Waals surface area contributed by atoms with E-state index in [0.717, 1.165) is 16.8 Å². The number of Topliss-reactive ketones (excluding diaryl/α,β-unsaturated/α-hetero) is 1. The molecule has 0 saturated heterocycles. The Balaban J connectivity index is 1.83. The van der Waals surface area contributed by atoms with Crippen molar-refractivity contribution in [1.82, 2.24) is 10.9 Å². The van der Waals surface area contributed by atoms with Crippen LogP contribution in [0.15, 0.2) is 42.5 Å².